The van der Waals surface area contributed by atoms with E-state index in [0.717, 1.165) is 15.8 Å². The molecule has 1 unspecified atom stereocenters. The molecule has 3 aliphatic carbocycles. The van der Waals surface area contributed by atoms with Gasteiger partial charge < -0.3 is 4.90 Å². The van der Waals surface area contributed by atoms with Gasteiger partial charge in [0.25, 0.3) is 0 Å². The second-order valence-electron chi connectivity index (χ2n) is 15.4. The maximum absolute atomic E-state index is 3.99. The minimum absolute atomic E-state index is 0.120. The number of hydrogen-bond donors (Lipinski definition) is 0. The van der Waals surface area contributed by atoms with Gasteiger partial charge in [0.1, 0.15) is 0 Å². The number of anilines is 3. The molecule has 2 heteroatoms. The zero-order chi connectivity index (χ0) is 38.2. The molecule has 1 atom stereocenters. The van der Waals surface area contributed by atoms with Crippen LogP contribution < -0.4 is 4.90 Å². The highest BCUT2D eigenvalue weighted by Gasteiger charge is 2.53. The van der Waals surface area contributed by atoms with Crippen molar-refractivity contribution in [3.8, 4) is 44.5 Å². The molecule has 3 aliphatic rings. The molecule has 8 aromatic rings. The molecular weight excluding hydrogens is 743 g/mol. The third kappa shape index (κ3) is 4.72. The number of benzene rings is 8. The number of rotatable bonds is 4. The zero-order valence-electron chi connectivity index (χ0n) is 32.1. The van der Waals surface area contributed by atoms with Crippen molar-refractivity contribution in [3.05, 3.63) is 220 Å². The molecular formula is C54H42BrN. The van der Waals surface area contributed by atoms with Crippen molar-refractivity contribution in [2.24, 2.45) is 0 Å². The Bertz CT molecular complexity index is 2810. The average molecular weight is 785 g/mol. The second kappa shape index (κ2) is 13.1. The lowest BCUT2D eigenvalue weighted by Gasteiger charge is -2.32. The molecule has 0 radical (unpaired) electrons. The van der Waals surface area contributed by atoms with E-state index in [1.807, 2.05) is 13.8 Å². The molecule has 0 aromatic heterocycles. The summed E-state index contributed by atoms with van der Waals surface area (Å²) in [6.45, 7) is 8.74. The summed E-state index contributed by atoms with van der Waals surface area (Å²) in [5.41, 5.74) is 21.2. The van der Waals surface area contributed by atoms with Crippen LogP contribution in [0.5, 0.6) is 0 Å². The van der Waals surface area contributed by atoms with Crippen LogP contribution in [0, 0.1) is 0 Å². The van der Waals surface area contributed by atoms with Gasteiger partial charge in [-0.05, 0) is 103 Å². The van der Waals surface area contributed by atoms with Crippen LogP contribution in [0.1, 0.15) is 61.1 Å². The molecule has 56 heavy (non-hydrogen) atoms. The number of fused-ring (bicyclic) bond motifs is 13. The number of nitrogens with zero attached hydrogens (tertiary/aromatic N) is 1. The van der Waals surface area contributed by atoms with Crippen LogP contribution in [0.25, 0.3) is 44.5 Å². The van der Waals surface area contributed by atoms with E-state index in [-0.39, 0.29) is 5.41 Å². The summed E-state index contributed by atoms with van der Waals surface area (Å²) in [5.74, 6) is 0. The largest absolute Gasteiger partial charge is 0.310 e. The van der Waals surface area contributed by atoms with Crippen LogP contribution in [0.4, 0.5) is 17.1 Å². The minimum Gasteiger partial charge on any atom is -0.310 e. The quantitative estimate of drug-likeness (QED) is 0.172. The van der Waals surface area contributed by atoms with E-state index in [1.165, 1.54) is 83.6 Å². The molecule has 0 aliphatic heterocycles. The summed E-state index contributed by atoms with van der Waals surface area (Å²) in [6.07, 6.45) is 0. The predicted octanol–water partition coefficient (Wildman–Crippen LogP) is 15.3. The van der Waals surface area contributed by atoms with Gasteiger partial charge in [0.2, 0.25) is 0 Å². The monoisotopic (exact) mass is 783 g/mol. The SMILES string of the molecule is CC.CC1(C)c2ccccc2-c2ccc(N(c3ccc(-c4ccccc4)cc3)c3cccc4c3-c3ccccc3C43c4ccccc4-c4c(Br)cccc43)cc21. The van der Waals surface area contributed by atoms with E-state index in [1.54, 1.807) is 0 Å². The Balaban J connectivity index is 0.00000189. The van der Waals surface area contributed by atoms with Gasteiger partial charge in [-0.1, -0.05) is 189 Å². The van der Waals surface area contributed by atoms with Gasteiger partial charge in [0.05, 0.1) is 11.1 Å². The molecule has 0 saturated heterocycles. The van der Waals surface area contributed by atoms with Crippen molar-refractivity contribution in [1.82, 2.24) is 0 Å². The fourth-order valence-electron chi connectivity index (χ4n) is 10.1. The van der Waals surface area contributed by atoms with Crippen LogP contribution in [0.15, 0.2) is 186 Å². The molecule has 0 saturated carbocycles. The molecule has 270 valence electrons. The van der Waals surface area contributed by atoms with Crippen LogP contribution in [-0.2, 0) is 10.8 Å². The topological polar surface area (TPSA) is 3.24 Å². The van der Waals surface area contributed by atoms with Crippen molar-refractivity contribution in [2.75, 3.05) is 4.90 Å². The first-order valence-corrected chi connectivity index (χ1v) is 20.6. The fourth-order valence-corrected chi connectivity index (χ4v) is 10.6. The Morgan fingerprint density at radius 1 is 0.393 bits per heavy atom. The number of halogens is 1. The molecule has 0 fully saturated rings. The zero-order valence-corrected chi connectivity index (χ0v) is 33.7. The molecule has 0 bridgehead atoms. The average Bonchev–Trinajstić information content (AvgIpc) is 3.82. The minimum atomic E-state index is -0.442. The number of hydrogen-bond acceptors (Lipinski definition) is 1. The summed E-state index contributed by atoms with van der Waals surface area (Å²) in [5, 5.41) is 0. The standard InChI is InChI=1S/C52H36BrN.C2H6/c1-51(2)41-19-9-6-16-37(41)38-31-30-36(32-46(38)51)54(35-28-26-34(27-29-35)33-14-4-3-5-15-33)48-25-13-23-45-50(48)40-18-8-11-21-43(40)52(45)42-20-10-7-17-39(42)49-44(52)22-12-24-47(49)53;1-2/h3-32H,1-2H3;1-2H3. The van der Waals surface area contributed by atoms with E-state index in [9.17, 15) is 0 Å². The Hall–Kier alpha value is -5.96. The maximum Gasteiger partial charge on any atom is 0.0726 e. The van der Waals surface area contributed by atoms with E-state index in [0.29, 0.717) is 0 Å². The van der Waals surface area contributed by atoms with Crippen molar-refractivity contribution >= 4 is 33.0 Å². The highest BCUT2D eigenvalue weighted by atomic mass is 79.9. The normalized spacial score (nSPS) is 15.8. The lowest BCUT2D eigenvalue weighted by molar-refractivity contribution is 0.660. The third-order valence-corrected chi connectivity index (χ3v) is 13.0. The first-order chi connectivity index (χ1) is 27.5. The molecule has 1 nitrogen and oxygen atoms in total. The Labute approximate surface area is 339 Å². The highest BCUT2D eigenvalue weighted by molar-refractivity contribution is 9.10. The van der Waals surface area contributed by atoms with E-state index >= 15 is 0 Å². The predicted molar refractivity (Wildman–Crippen MR) is 239 cm³/mol. The third-order valence-electron chi connectivity index (χ3n) is 12.4. The molecule has 11 rings (SSSR count). The van der Waals surface area contributed by atoms with Gasteiger partial charge in [0.15, 0.2) is 0 Å². The van der Waals surface area contributed by atoms with Crippen molar-refractivity contribution in [1.29, 1.82) is 0 Å². The van der Waals surface area contributed by atoms with E-state index < -0.39 is 5.41 Å². The van der Waals surface area contributed by atoms with Gasteiger partial charge in [-0.25, -0.2) is 0 Å². The second-order valence-corrected chi connectivity index (χ2v) is 16.2. The summed E-state index contributed by atoms with van der Waals surface area (Å²) < 4.78 is 1.13. The van der Waals surface area contributed by atoms with Gasteiger partial charge in [-0.15, -0.1) is 0 Å². The van der Waals surface area contributed by atoms with Gasteiger partial charge in [-0.2, -0.15) is 0 Å². The van der Waals surface area contributed by atoms with Crippen LogP contribution in [0.2, 0.25) is 0 Å². The lowest BCUT2D eigenvalue weighted by atomic mass is 9.70. The van der Waals surface area contributed by atoms with Crippen LogP contribution in [-0.4, -0.2) is 0 Å². The lowest BCUT2D eigenvalue weighted by Crippen LogP contribution is -2.26. The van der Waals surface area contributed by atoms with E-state index in [4.69, 9.17) is 0 Å². The highest BCUT2D eigenvalue weighted by Crippen LogP contribution is 2.65. The Morgan fingerprint density at radius 2 is 0.893 bits per heavy atom. The van der Waals surface area contributed by atoms with Crippen LogP contribution >= 0.6 is 15.9 Å². The first kappa shape index (κ1) is 34.5. The maximum atomic E-state index is 3.99. The summed E-state index contributed by atoms with van der Waals surface area (Å²) in [7, 11) is 0. The molecule has 0 amide bonds. The molecule has 0 heterocycles. The molecule has 8 aromatic carbocycles. The summed E-state index contributed by atoms with van der Waals surface area (Å²) >= 11 is 3.99. The van der Waals surface area contributed by atoms with Gasteiger partial charge >= 0.3 is 0 Å². The smallest absolute Gasteiger partial charge is 0.0726 e. The Kier molecular flexibility index (Phi) is 8.06. The van der Waals surface area contributed by atoms with Crippen LogP contribution in [0.3, 0.4) is 0 Å². The Morgan fingerprint density at radius 3 is 1.59 bits per heavy atom. The fraction of sp³-hybridized carbons (Fsp3) is 0.111. The van der Waals surface area contributed by atoms with Crippen molar-refractivity contribution in [2.45, 2.75) is 38.5 Å². The first-order valence-electron chi connectivity index (χ1n) is 19.8. The summed E-state index contributed by atoms with van der Waals surface area (Å²) in [6, 6.07) is 67.7. The molecule has 0 N–H and O–H groups in total. The van der Waals surface area contributed by atoms with Crippen molar-refractivity contribution in [3.63, 3.8) is 0 Å². The van der Waals surface area contributed by atoms with Crippen molar-refractivity contribution < 1.29 is 0 Å². The van der Waals surface area contributed by atoms with E-state index in [2.05, 4.69) is 217 Å². The van der Waals surface area contributed by atoms with Gasteiger partial charge in [-0.3, -0.25) is 0 Å². The molecule has 1 spiro atoms. The van der Waals surface area contributed by atoms with Gasteiger partial charge in [0, 0.05) is 32.4 Å². The summed E-state index contributed by atoms with van der Waals surface area (Å²) in [4.78, 5) is 2.51.